The molecule has 0 radical (unpaired) electrons. The van der Waals surface area contributed by atoms with Crippen molar-refractivity contribution in [2.45, 2.75) is 98.3 Å². The summed E-state index contributed by atoms with van der Waals surface area (Å²) in [7, 11) is 4.30. The lowest BCUT2D eigenvalue weighted by atomic mass is 9.43. The first kappa shape index (κ1) is 30.8. The third kappa shape index (κ3) is 4.10. The van der Waals surface area contributed by atoms with Crippen molar-refractivity contribution in [2.75, 3.05) is 20.7 Å². The fourth-order valence-corrected chi connectivity index (χ4v) is 11.4. The van der Waals surface area contributed by atoms with Gasteiger partial charge in [0.05, 0.1) is 12.2 Å². The molecule has 4 fully saturated rings. The Labute approximate surface area is 259 Å². The van der Waals surface area contributed by atoms with E-state index < -0.39 is 0 Å². The number of hydrogen-bond donors (Lipinski definition) is 2. The molecule has 6 rings (SSSR count). The molecule has 0 unspecified atom stereocenters. The predicted molar refractivity (Wildman–Crippen MR) is 169 cm³/mol. The summed E-state index contributed by atoms with van der Waals surface area (Å²) < 4.78 is 6.49. The molecule has 236 valence electrons. The van der Waals surface area contributed by atoms with Gasteiger partial charge < -0.3 is 20.1 Å². The zero-order valence-electron chi connectivity index (χ0n) is 27.7. The van der Waals surface area contributed by atoms with Crippen molar-refractivity contribution in [3.63, 3.8) is 0 Å². The highest BCUT2D eigenvalue weighted by molar-refractivity contribution is 5.89. The maximum absolute atomic E-state index is 13.4. The second-order valence-corrected chi connectivity index (χ2v) is 16.3. The molecule has 0 bridgehead atoms. The van der Waals surface area contributed by atoms with Crippen molar-refractivity contribution in [3.8, 4) is 0 Å². The molecular weight excluding hydrogens is 536 g/mol. The number of carbonyl (C=O) groups excluding carboxylic acids is 2. The first-order chi connectivity index (χ1) is 20.2. The van der Waals surface area contributed by atoms with Crippen LogP contribution in [0.3, 0.4) is 0 Å². The van der Waals surface area contributed by atoms with Gasteiger partial charge in [0, 0.05) is 29.3 Å². The lowest BCUT2D eigenvalue weighted by Gasteiger charge is -2.61. The third-order valence-corrected chi connectivity index (χ3v) is 14.2. The number of fused-ring (bicyclic) bond motifs is 2. The van der Waals surface area contributed by atoms with E-state index in [4.69, 9.17) is 4.74 Å². The summed E-state index contributed by atoms with van der Waals surface area (Å²) in [6.45, 7) is 13.5. The Morgan fingerprint density at radius 2 is 1.63 bits per heavy atom. The molecule has 6 nitrogen and oxygen atoms in total. The van der Waals surface area contributed by atoms with Crippen molar-refractivity contribution in [1.82, 2.24) is 10.2 Å². The highest BCUT2D eigenvalue weighted by Crippen LogP contribution is 2.87. The Kier molecular flexibility index (Phi) is 7.29. The smallest absolute Gasteiger partial charge is 0.338 e. The summed E-state index contributed by atoms with van der Waals surface area (Å²) in [4.78, 5) is 28.5. The van der Waals surface area contributed by atoms with Crippen LogP contribution in [0.1, 0.15) is 90.4 Å². The monoisotopic (exact) mass is 590 g/mol. The van der Waals surface area contributed by atoms with Crippen molar-refractivity contribution in [1.29, 1.82) is 0 Å². The largest absolute Gasteiger partial charge is 0.458 e. The van der Waals surface area contributed by atoms with Crippen molar-refractivity contribution in [2.24, 2.45) is 50.7 Å². The molecule has 43 heavy (non-hydrogen) atoms. The molecule has 2 N–H and O–H groups in total. The molecule has 4 saturated carbocycles. The van der Waals surface area contributed by atoms with Gasteiger partial charge in [0.15, 0.2) is 0 Å². The number of esters is 1. The summed E-state index contributed by atoms with van der Waals surface area (Å²) in [6.07, 6.45) is 11.2. The quantitative estimate of drug-likeness (QED) is 0.296. The molecule has 0 heterocycles. The van der Waals surface area contributed by atoms with E-state index >= 15 is 0 Å². The van der Waals surface area contributed by atoms with E-state index in [2.05, 4.69) is 64.2 Å². The number of allylic oxidation sites excluding steroid dienone is 2. The fourth-order valence-electron chi connectivity index (χ4n) is 11.4. The molecular formula is C37H54N2O4. The van der Waals surface area contributed by atoms with E-state index in [1.54, 1.807) is 0 Å². The number of hydrogen-bond acceptors (Lipinski definition) is 5. The number of amides is 1. The normalized spacial score (nSPS) is 45.0. The van der Waals surface area contributed by atoms with Gasteiger partial charge >= 0.3 is 5.97 Å². The first-order valence-electron chi connectivity index (χ1n) is 16.7. The predicted octanol–water partition coefficient (Wildman–Crippen LogP) is 6.10. The summed E-state index contributed by atoms with van der Waals surface area (Å²) in [5, 5.41) is 14.2. The van der Waals surface area contributed by atoms with Gasteiger partial charge in [-0.25, -0.2) is 4.79 Å². The van der Waals surface area contributed by atoms with Gasteiger partial charge in [-0.2, -0.15) is 0 Å². The van der Waals surface area contributed by atoms with Crippen LogP contribution in [0, 0.1) is 50.7 Å². The van der Waals surface area contributed by atoms with Crippen LogP contribution in [-0.4, -0.2) is 60.8 Å². The summed E-state index contributed by atoms with van der Waals surface area (Å²) in [5.41, 5.74) is 0.582. The van der Waals surface area contributed by atoms with Crippen LogP contribution in [0.15, 0.2) is 42.5 Å². The van der Waals surface area contributed by atoms with E-state index in [1.165, 1.54) is 12.8 Å². The van der Waals surface area contributed by atoms with Gasteiger partial charge in [0.1, 0.15) is 6.10 Å². The highest BCUT2D eigenvalue weighted by Gasteiger charge is 2.82. The van der Waals surface area contributed by atoms with Crippen molar-refractivity contribution >= 4 is 11.9 Å². The van der Waals surface area contributed by atoms with Crippen molar-refractivity contribution in [3.05, 3.63) is 48.0 Å². The maximum Gasteiger partial charge on any atom is 0.338 e. The molecule has 0 aliphatic heterocycles. The van der Waals surface area contributed by atoms with Crippen LogP contribution in [0.5, 0.6) is 0 Å². The Hall–Kier alpha value is -2.18. The molecule has 11 atom stereocenters. The molecule has 2 spiro atoms. The highest BCUT2D eigenvalue weighted by atomic mass is 16.5. The summed E-state index contributed by atoms with van der Waals surface area (Å²) in [6, 6.07) is 9.67. The SMILES string of the molecule is CC(C)C(=O)N[C@H]1CC[C@]23C[C@]24CC[C@]2(C)[C@@H]([C@H](C)N(C)C)[C@H](OC(=O)c5ccccc5)C[C@@]2(C)[C@@H]4C=C[C@H]3[C@]1(C)CO. The Balaban J connectivity index is 1.36. The third-order valence-electron chi connectivity index (χ3n) is 14.2. The second kappa shape index (κ2) is 10.2. The van der Waals surface area contributed by atoms with E-state index in [0.717, 1.165) is 25.7 Å². The van der Waals surface area contributed by atoms with E-state index in [-0.39, 0.29) is 81.5 Å². The molecule has 5 aliphatic rings. The van der Waals surface area contributed by atoms with E-state index in [1.807, 2.05) is 44.2 Å². The van der Waals surface area contributed by atoms with Crippen LogP contribution in [0.25, 0.3) is 0 Å². The lowest BCUT2D eigenvalue weighted by molar-refractivity contribution is -0.131. The molecule has 6 heteroatoms. The number of nitrogens with one attached hydrogen (secondary N) is 1. The number of aliphatic hydroxyl groups is 1. The summed E-state index contributed by atoms with van der Waals surface area (Å²) in [5.74, 6) is 0.653. The fraction of sp³-hybridized carbons (Fsp3) is 0.730. The van der Waals surface area contributed by atoms with Crippen LogP contribution in [0.4, 0.5) is 0 Å². The topological polar surface area (TPSA) is 78.9 Å². The van der Waals surface area contributed by atoms with E-state index in [0.29, 0.717) is 11.5 Å². The second-order valence-electron chi connectivity index (χ2n) is 16.3. The van der Waals surface area contributed by atoms with Crippen LogP contribution >= 0.6 is 0 Å². The van der Waals surface area contributed by atoms with Gasteiger partial charge in [-0.15, -0.1) is 0 Å². The number of ether oxygens (including phenoxy) is 1. The molecule has 1 amide bonds. The molecule has 5 aliphatic carbocycles. The van der Waals surface area contributed by atoms with Crippen LogP contribution < -0.4 is 5.32 Å². The molecule has 1 aromatic carbocycles. The summed E-state index contributed by atoms with van der Waals surface area (Å²) >= 11 is 0. The Bertz CT molecular complexity index is 1290. The first-order valence-corrected chi connectivity index (χ1v) is 16.7. The minimum absolute atomic E-state index is 0.0118. The minimum atomic E-state index is -0.388. The van der Waals surface area contributed by atoms with E-state index in [9.17, 15) is 14.7 Å². The number of nitrogens with zero attached hydrogens (tertiary/aromatic N) is 1. The Morgan fingerprint density at radius 3 is 2.26 bits per heavy atom. The zero-order valence-corrected chi connectivity index (χ0v) is 27.7. The number of aliphatic hydroxyl groups excluding tert-OH is 1. The van der Waals surface area contributed by atoms with Gasteiger partial charge in [0.25, 0.3) is 0 Å². The Morgan fingerprint density at radius 1 is 0.977 bits per heavy atom. The van der Waals surface area contributed by atoms with Crippen molar-refractivity contribution < 1.29 is 19.4 Å². The zero-order chi connectivity index (χ0) is 31.2. The van der Waals surface area contributed by atoms with Crippen LogP contribution in [0.2, 0.25) is 0 Å². The van der Waals surface area contributed by atoms with Gasteiger partial charge in [0.2, 0.25) is 5.91 Å². The maximum atomic E-state index is 13.4. The number of rotatable bonds is 7. The van der Waals surface area contributed by atoms with Crippen LogP contribution in [-0.2, 0) is 9.53 Å². The van der Waals surface area contributed by atoms with Gasteiger partial charge in [-0.3, -0.25) is 4.79 Å². The average molecular weight is 591 g/mol. The number of benzene rings is 1. The average Bonchev–Trinajstić information content (AvgIpc) is 3.58. The van der Waals surface area contributed by atoms with Gasteiger partial charge in [-0.05, 0) is 105 Å². The molecule has 0 aromatic heterocycles. The standard InChI is InChI=1S/C37H54N2O4/c1-23(2)31(41)38-29-16-17-36-21-37(36)19-18-34(5)30(24(3)39(7)8)26(43-32(42)25-12-10-9-11-13-25)20-35(34,6)28(37)15-14-27(36)33(29,4)22-40/h9-15,23-24,26-30,40H,16-22H2,1-8H3,(H,38,41)/t24-,26+,27-,28-,29-,30-,33-,34+,35-,36+,37-/m0/s1. The lowest BCUT2D eigenvalue weighted by Crippen LogP contribution is -2.61. The van der Waals surface area contributed by atoms with Gasteiger partial charge in [-0.1, -0.05) is 65.0 Å². The number of carbonyl (C=O) groups is 2. The molecule has 1 aromatic rings. The minimum Gasteiger partial charge on any atom is -0.458 e. The molecule has 0 saturated heterocycles.